The minimum Gasteiger partial charge on any atom is -0.296 e. The number of rotatable bonds is 3. The molecule has 0 saturated carbocycles. The van der Waals surface area contributed by atoms with Gasteiger partial charge in [0.25, 0.3) is 5.91 Å². The molecule has 20 heavy (non-hydrogen) atoms. The zero-order chi connectivity index (χ0) is 13.9. The van der Waals surface area contributed by atoms with Crippen molar-refractivity contribution in [3.63, 3.8) is 0 Å². The molecule has 0 atom stereocenters. The molecule has 2 aromatic heterocycles. The molecule has 3 rings (SSSR count). The lowest BCUT2D eigenvalue weighted by molar-refractivity contribution is 0.102. The molecule has 0 radical (unpaired) electrons. The van der Waals surface area contributed by atoms with Gasteiger partial charge in [-0.05, 0) is 35.7 Å². The van der Waals surface area contributed by atoms with Gasteiger partial charge >= 0.3 is 0 Å². The van der Waals surface area contributed by atoms with Gasteiger partial charge in [-0.1, -0.05) is 33.3 Å². The monoisotopic (exact) mass is 365 g/mol. The van der Waals surface area contributed by atoms with Crippen LogP contribution in [0.2, 0.25) is 0 Å². The Kier molecular flexibility index (Phi) is 3.90. The molecule has 0 aliphatic rings. The molecule has 3 aromatic rings. The molecule has 0 spiro atoms. The van der Waals surface area contributed by atoms with Gasteiger partial charge in [0.1, 0.15) is 0 Å². The van der Waals surface area contributed by atoms with Crippen molar-refractivity contribution in [1.29, 1.82) is 0 Å². The van der Waals surface area contributed by atoms with E-state index in [4.69, 9.17) is 0 Å². The van der Waals surface area contributed by atoms with Crippen LogP contribution >= 0.6 is 38.6 Å². The lowest BCUT2D eigenvalue weighted by Crippen LogP contribution is -2.11. The van der Waals surface area contributed by atoms with Gasteiger partial charge in [-0.3, -0.25) is 10.1 Å². The number of nitrogens with one attached hydrogen (secondary N) is 1. The zero-order valence-electron chi connectivity index (χ0n) is 10.0. The van der Waals surface area contributed by atoms with Crippen LogP contribution in [-0.4, -0.2) is 16.1 Å². The third kappa shape index (κ3) is 2.95. The van der Waals surface area contributed by atoms with Crippen molar-refractivity contribution < 1.29 is 4.79 Å². The molecule has 1 N–H and O–H groups in total. The van der Waals surface area contributed by atoms with E-state index >= 15 is 0 Å². The van der Waals surface area contributed by atoms with E-state index in [-0.39, 0.29) is 5.91 Å². The number of anilines is 1. The first-order chi connectivity index (χ1) is 9.72. The molecule has 0 fully saturated rings. The largest absolute Gasteiger partial charge is 0.296 e. The second-order valence-electron chi connectivity index (χ2n) is 3.85. The highest BCUT2D eigenvalue weighted by molar-refractivity contribution is 9.10. The van der Waals surface area contributed by atoms with Crippen molar-refractivity contribution in [2.45, 2.75) is 0 Å². The summed E-state index contributed by atoms with van der Waals surface area (Å²) in [4.78, 5) is 13.1. The molecular formula is C13H8BrN3OS2. The number of hydrogen-bond acceptors (Lipinski definition) is 5. The van der Waals surface area contributed by atoms with Gasteiger partial charge < -0.3 is 0 Å². The SMILES string of the molecule is O=C(Nc1nnc(-c2cccs2)s1)c1ccc(Br)cc1. The fraction of sp³-hybridized carbons (Fsp3) is 0. The van der Waals surface area contributed by atoms with Gasteiger partial charge in [-0.2, -0.15) is 0 Å². The Hall–Kier alpha value is -1.57. The number of carbonyl (C=O) groups is 1. The minimum atomic E-state index is -0.189. The van der Waals surface area contributed by atoms with E-state index in [0.29, 0.717) is 10.7 Å². The first-order valence-corrected chi connectivity index (χ1v) is 8.15. The first-order valence-electron chi connectivity index (χ1n) is 5.67. The fourth-order valence-electron chi connectivity index (χ4n) is 1.54. The van der Waals surface area contributed by atoms with Crippen LogP contribution in [0, 0.1) is 0 Å². The molecular weight excluding hydrogens is 358 g/mol. The zero-order valence-corrected chi connectivity index (χ0v) is 13.3. The Labute approximate surface area is 131 Å². The molecule has 1 aromatic carbocycles. The van der Waals surface area contributed by atoms with Crippen LogP contribution in [0.15, 0.2) is 46.3 Å². The average Bonchev–Trinajstić information content (AvgIpc) is 3.09. The molecule has 0 aliphatic carbocycles. The summed E-state index contributed by atoms with van der Waals surface area (Å²) in [7, 11) is 0. The molecule has 7 heteroatoms. The number of hydrogen-bond donors (Lipinski definition) is 1. The number of amides is 1. The van der Waals surface area contributed by atoms with Gasteiger partial charge in [0.15, 0.2) is 5.01 Å². The Bertz CT molecular complexity index is 722. The maximum Gasteiger partial charge on any atom is 0.257 e. The average molecular weight is 366 g/mol. The van der Waals surface area contributed by atoms with E-state index < -0.39 is 0 Å². The second-order valence-corrected chi connectivity index (χ2v) is 6.69. The topological polar surface area (TPSA) is 54.9 Å². The van der Waals surface area contributed by atoms with Crippen LogP contribution < -0.4 is 5.32 Å². The molecule has 2 heterocycles. The highest BCUT2D eigenvalue weighted by Gasteiger charge is 2.11. The predicted molar refractivity (Wildman–Crippen MR) is 85.3 cm³/mol. The normalized spacial score (nSPS) is 10.4. The predicted octanol–water partition coefficient (Wildman–Crippen LogP) is 4.28. The molecule has 0 aliphatic heterocycles. The molecule has 0 unspecified atom stereocenters. The summed E-state index contributed by atoms with van der Waals surface area (Å²) in [5, 5.41) is 14.1. The second kappa shape index (κ2) is 5.82. The summed E-state index contributed by atoms with van der Waals surface area (Å²) in [6.07, 6.45) is 0. The van der Waals surface area contributed by atoms with Gasteiger partial charge in [-0.25, -0.2) is 0 Å². The van der Waals surface area contributed by atoms with Crippen molar-refractivity contribution in [2.24, 2.45) is 0 Å². The van der Waals surface area contributed by atoms with E-state index in [1.54, 1.807) is 23.5 Å². The number of nitrogens with zero attached hydrogens (tertiary/aromatic N) is 2. The number of benzene rings is 1. The van der Waals surface area contributed by atoms with Crippen molar-refractivity contribution in [1.82, 2.24) is 10.2 Å². The Morgan fingerprint density at radius 3 is 2.65 bits per heavy atom. The van der Waals surface area contributed by atoms with E-state index in [0.717, 1.165) is 14.4 Å². The Morgan fingerprint density at radius 2 is 1.95 bits per heavy atom. The summed E-state index contributed by atoms with van der Waals surface area (Å²) >= 11 is 6.30. The van der Waals surface area contributed by atoms with Crippen molar-refractivity contribution in [3.05, 3.63) is 51.8 Å². The highest BCUT2D eigenvalue weighted by Crippen LogP contribution is 2.29. The number of thiophene rings is 1. The van der Waals surface area contributed by atoms with Crippen LogP contribution in [0.5, 0.6) is 0 Å². The summed E-state index contributed by atoms with van der Waals surface area (Å²) in [5.74, 6) is -0.189. The molecule has 100 valence electrons. The number of carbonyl (C=O) groups excluding carboxylic acids is 1. The molecule has 0 saturated heterocycles. The third-order valence-electron chi connectivity index (χ3n) is 2.48. The van der Waals surface area contributed by atoms with Crippen molar-refractivity contribution in [2.75, 3.05) is 5.32 Å². The van der Waals surface area contributed by atoms with E-state index in [1.807, 2.05) is 29.6 Å². The fourth-order valence-corrected chi connectivity index (χ4v) is 3.34. The van der Waals surface area contributed by atoms with Gasteiger partial charge in [0.05, 0.1) is 4.88 Å². The van der Waals surface area contributed by atoms with Crippen LogP contribution in [0.25, 0.3) is 9.88 Å². The summed E-state index contributed by atoms with van der Waals surface area (Å²) in [6.45, 7) is 0. The van der Waals surface area contributed by atoms with Crippen LogP contribution in [-0.2, 0) is 0 Å². The van der Waals surface area contributed by atoms with Crippen LogP contribution in [0.4, 0.5) is 5.13 Å². The summed E-state index contributed by atoms with van der Waals surface area (Å²) in [6, 6.07) is 11.1. The van der Waals surface area contributed by atoms with E-state index in [9.17, 15) is 4.79 Å². The van der Waals surface area contributed by atoms with Gasteiger partial charge in [0, 0.05) is 10.0 Å². The van der Waals surface area contributed by atoms with Gasteiger partial charge in [-0.15, -0.1) is 21.5 Å². The van der Waals surface area contributed by atoms with Crippen LogP contribution in [0.1, 0.15) is 10.4 Å². The maximum absolute atomic E-state index is 12.0. The lowest BCUT2D eigenvalue weighted by atomic mass is 10.2. The van der Waals surface area contributed by atoms with Crippen molar-refractivity contribution >= 4 is 49.6 Å². The van der Waals surface area contributed by atoms with Crippen molar-refractivity contribution in [3.8, 4) is 9.88 Å². The minimum absolute atomic E-state index is 0.189. The van der Waals surface area contributed by atoms with Gasteiger partial charge in [0.2, 0.25) is 5.13 Å². The standard InChI is InChI=1S/C13H8BrN3OS2/c14-9-5-3-8(4-6-9)11(18)15-13-17-16-12(20-13)10-2-1-7-19-10/h1-7H,(H,15,17,18). The Morgan fingerprint density at radius 1 is 1.15 bits per heavy atom. The highest BCUT2D eigenvalue weighted by atomic mass is 79.9. The summed E-state index contributed by atoms with van der Waals surface area (Å²) in [5.41, 5.74) is 0.584. The quantitative estimate of drug-likeness (QED) is 0.753. The summed E-state index contributed by atoms with van der Waals surface area (Å²) < 4.78 is 0.935. The lowest BCUT2D eigenvalue weighted by Gasteiger charge is -2.00. The maximum atomic E-state index is 12.0. The van der Waals surface area contributed by atoms with E-state index in [1.165, 1.54) is 11.3 Å². The molecule has 1 amide bonds. The first kappa shape index (κ1) is 13.4. The smallest absolute Gasteiger partial charge is 0.257 e. The number of halogens is 1. The molecule has 4 nitrogen and oxygen atoms in total. The Balaban J connectivity index is 1.75. The third-order valence-corrected chi connectivity index (χ3v) is 4.89. The van der Waals surface area contributed by atoms with Crippen LogP contribution in [0.3, 0.4) is 0 Å². The molecule has 0 bridgehead atoms. The number of aromatic nitrogens is 2. The van der Waals surface area contributed by atoms with E-state index in [2.05, 4.69) is 31.4 Å².